The van der Waals surface area contributed by atoms with E-state index in [9.17, 15) is 8.42 Å². The minimum atomic E-state index is -3.30. The molecule has 7 heteroatoms. The molecule has 0 aromatic rings. The first-order chi connectivity index (χ1) is 9.53. The van der Waals surface area contributed by atoms with Crippen molar-refractivity contribution in [1.29, 1.82) is 0 Å². The van der Waals surface area contributed by atoms with E-state index < -0.39 is 10.2 Å². The minimum absolute atomic E-state index is 0.353. The number of nitrogens with one attached hydrogen (secondary N) is 2. The Kier molecular flexibility index (Phi) is 5.80. The lowest BCUT2D eigenvalue weighted by Gasteiger charge is -2.31. The average Bonchev–Trinajstić information content (AvgIpc) is 2.83. The Balaban J connectivity index is 1.79. The highest BCUT2D eigenvalue weighted by molar-refractivity contribution is 7.87. The van der Waals surface area contributed by atoms with Crippen molar-refractivity contribution in [3.8, 4) is 0 Å². The van der Waals surface area contributed by atoms with Crippen molar-refractivity contribution in [3.63, 3.8) is 0 Å². The molecule has 6 nitrogen and oxygen atoms in total. The molecule has 20 heavy (non-hydrogen) atoms. The molecule has 2 saturated heterocycles. The Morgan fingerprint density at radius 3 is 2.35 bits per heavy atom. The van der Waals surface area contributed by atoms with Crippen LogP contribution in [0.25, 0.3) is 0 Å². The molecule has 0 aliphatic carbocycles. The molecule has 2 aliphatic heterocycles. The van der Waals surface area contributed by atoms with Crippen LogP contribution in [0.4, 0.5) is 0 Å². The molecule has 118 valence electrons. The van der Waals surface area contributed by atoms with E-state index in [1.807, 2.05) is 7.05 Å². The number of likely N-dealkylation sites (tertiary alicyclic amines) is 1. The van der Waals surface area contributed by atoms with Gasteiger partial charge in [0.15, 0.2) is 0 Å². The lowest BCUT2D eigenvalue weighted by molar-refractivity contribution is 0.264. The second-order valence-electron chi connectivity index (χ2n) is 6.03. The zero-order chi connectivity index (χ0) is 14.6. The van der Waals surface area contributed by atoms with Crippen LogP contribution in [0.1, 0.15) is 25.7 Å². The highest BCUT2D eigenvalue weighted by atomic mass is 32.2. The zero-order valence-electron chi connectivity index (χ0n) is 12.6. The second kappa shape index (κ2) is 7.17. The maximum atomic E-state index is 12.3. The first-order valence-electron chi connectivity index (χ1n) is 7.62. The van der Waals surface area contributed by atoms with Gasteiger partial charge < -0.3 is 10.2 Å². The van der Waals surface area contributed by atoms with Gasteiger partial charge >= 0.3 is 0 Å². The standard InChI is InChI=1S/C13H28N4O2S/c1-14-10-12-5-8-17(9-6-12)20(18,19)15-11-13-4-3-7-16(13)2/h12-15H,3-11H2,1-2H3. The molecule has 0 amide bonds. The van der Waals surface area contributed by atoms with Crippen LogP contribution in [-0.4, -0.2) is 70.5 Å². The Labute approximate surface area is 123 Å². The van der Waals surface area contributed by atoms with Crippen molar-refractivity contribution in [3.05, 3.63) is 0 Å². The SMILES string of the molecule is CNCC1CCN(S(=O)(=O)NCC2CCCN2C)CC1. The Morgan fingerprint density at radius 2 is 1.80 bits per heavy atom. The van der Waals surface area contributed by atoms with Gasteiger partial charge in [0.25, 0.3) is 10.2 Å². The quantitative estimate of drug-likeness (QED) is 0.716. The first kappa shape index (κ1) is 16.2. The lowest BCUT2D eigenvalue weighted by Crippen LogP contribution is -2.48. The molecule has 0 spiro atoms. The summed E-state index contributed by atoms with van der Waals surface area (Å²) in [5.74, 6) is 0.604. The van der Waals surface area contributed by atoms with E-state index in [4.69, 9.17) is 0 Å². The molecule has 2 rings (SSSR count). The number of nitrogens with zero attached hydrogens (tertiary/aromatic N) is 2. The van der Waals surface area contributed by atoms with Crippen molar-refractivity contribution in [2.45, 2.75) is 31.7 Å². The third kappa shape index (κ3) is 4.14. The van der Waals surface area contributed by atoms with Gasteiger partial charge in [-0.25, -0.2) is 4.72 Å². The Hall–Kier alpha value is -0.210. The average molecular weight is 304 g/mol. The van der Waals surface area contributed by atoms with Crippen LogP contribution in [0.2, 0.25) is 0 Å². The van der Waals surface area contributed by atoms with Crippen LogP contribution in [-0.2, 0) is 10.2 Å². The summed E-state index contributed by atoms with van der Waals surface area (Å²) in [6.07, 6.45) is 4.15. The van der Waals surface area contributed by atoms with Gasteiger partial charge in [0.2, 0.25) is 0 Å². The largest absolute Gasteiger partial charge is 0.319 e. The molecule has 2 heterocycles. The number of piperidine rings is 1. The third-order valence-electron chi connectivity index (χ3n) is 4.58. The van der Waals surface area contributed by atoms with E-state index in [1.165, 1.54) is 0 Å². The third-order valence-corrected chi connectivity index (χ3v) is 6.16. The smallest absolute Gasteiger partial charge is 0.279 e. The molecule has 1 unspecified atom stereocenters. The van der Waals surface area contributed by atoms with Gasteiger partial charge in [-0.15, -0.1) is 0 Å². The topological polar surface area (TPSA) is 64.7 Å². The minimum Gasteiger partial charge on any atom is -0.319 e. The molecular formula is C13H28N4O2S. The Morgan fingerprint density at radius 1 is 1.10 bits per heavy atom. The summed E-state index contributed by atoms with van der Waals surface area (Å²) in [5.41, 5.74) is 0. The van der Waals surface area contributed by atoms with Crippen molar-refractivity contribution in [2.75, 3.05) is 46.8 Å². The summed E-state index contributed by atoms with van der Waals surface area (Å²) in [6.45, 7) is 3.87. The van der Waals surface area contributed by atoms with E-state index in [0.717, 1.165) is 38.8 Å². The van der Waals surface area contributed by atoms with Gasteiger partial charge in [-0.1, -0.05) is 0 Å². The van der Waals surface area contributed by atoms with Crippen LogP contribution in [0.15, 0.2) is 0 Å². The van der Waals surface area contributed by atoms with Crippen molar-refractivity contribution >= 4 is 10.2 Å². The molecule has 0 aromatic heterocycles. The van der Waals surface area contributed by atoms with Gasteiger partial charge in [-0.3, -0.25) is 0 Å². The van der Waals surface area contributed by atoms with Gasteiger partial charge in [0.05, 0.1) is 0 Å². The summed E-state index contributed by atoms with van der Waals surface area (Å²) in [7, 11) is 0.716. The predicted molar refractivity (Wildman–Crippen MR) is 80.8 cm³/mol. The van der Waals surface area contributed by atoms with Gasteiger partial charge in [-0.2, -0.15) is 12.7 Å². The molecule has 2 N–H and O–H groups in total. The summed E-state index contributed by atoms with van der Waals surface area (Å²) >= 11 is 0. The zero-order valence-corrected chi connectivity index (χ0v) is 13.5. The van der Waals surface area contributed by atoms with E-state index >= 15 is 0 Å². The number of rotatable bonds is 6. The predicted octanol–water partition coefficient (Wildman–Crippen LogP) is -0.154. The van der Waals surface area contributed by atoms with E-state index in [-0.39, 0.29) is 0 Å². The number of likely N-dealkylation sites (N-methyl/N-ethyl adjacent to an activating group) is 1. The molecule has 2 aliphatic rings. The van der Waals surface area contributed by atoms with Crippen LogP contribution in [0.3, 0.4) is 0 Å². The maximum Gasteiger partial charge on any atom is 0.279 e. The summed E-state index contributed by atoms with van der Waals surface area (Å²) < 4.78 is 29.0. The maximum absolute atomic E-state index is 12.3. The second-order valence-corrected chi connectivity index (χ2v) is 7.79. The summed E-state index contributed by atoms with van der Waals surface area (Å²) in [4.78, 5) is 2.24. The summed E-state index contributed by atoms with van der Waals surface area (Å²) in [5, 5.41) is 3.17. The highest BCUT2D eigenvalue weighted by Gasteiger charge is 2.29. The fourth-order valence-corrected chi connectivity index (χ4v) is 4.45. The highest BCUT2D eigenvalue weighted by Crippen LogP contribution is 2.19. The van der Waals surface area contributed by atoms with Gasteiger partial charge in [0.1, 0.15) is 0 Å². The van der Waals surface area contributed by atoms with Crippen LogP contribution < -0.4 is 10.0 Å². The normalized spacial score (nSPS) is 27.2. The van der Waals surface area contributed by atoms with Gasteiger partial charge in [0, 0.05) is 25.7 Å². The fraction of sp³-hybridized carbons (Fsp3) is 1.00. The molecule has 0 saturated carbocycles. The molecule has 1 atom stereocenters. The van der Waals surface area contributed by atoms with Crippen LogP contribution in [0, 0.1) is 5.92 Å². The molecule has 0 aromatic carbocycles. The van der Waals surface area contributed by atoms with Gasteiger partial charge in [-0.05, 0) is 58.8 Å². The summed E-state index contributed by atoms with van der Waals surface area (Å²) in [6, 6.07) is 0.353. The molecular weight excluding hydrogens is 276 g/mol. The van der Waals surface area contributed by atoms with Crippen molar-refractivity contribution in [2.24, 2.45) is 5.92 Å². The van der Waals surface area contributed by atoms with Crippen LogP contribution >= 0.6 is 0 Å². The van der Waals surface area contributed by atoms with E-state index in [2.05, 4.69) is 22.0 Å². The number of hydrogen-bond donors (Lipinski definition) is 2. The number of hydrogen-bond acceptors (Lipinski definition) is 4. The van der Waals surface area contributed by atoms with Crippen molar-refractivity contribution < 1.29 is 8.42 Å². The molecule has 0 radical (unpaired) electrons. The Bertz CT molecular complexity index is 393. The fourth-order valence-electron chi connectivity index (χ4n) is 3.17. The van der Waals surface area contributed by atoms with Crippen LogP contribution in [0.5, 0.6) is 0 Å². The van der Waals surface area contributed by atoms with Crippen molar-refractivity contribution in [1.82, 2.24) is 19.2 Å². The van der Waals surface area contributed by atoms with E-state index in [1.54, 1.807) is 4.31 Å². The molecule has 2 fully saturated rings. The monoisotopic (exact) mass is 304 g/mol. The first-order valence-corrected chi connectivity index (χ1v) is 9.06. The lowest BCUT2D eigenvalue weighted by atomic mass is 9.98. The van der Waals surface area contributed by atoms with E-state index in [0.29, 0.717) is 31.6 Å². The molecule has 0 bridgehead atoms.